The Bertz CT molecular complexity index is 1110. The molecular formula is C21H21FN4O2S. The Kier molecular flexibility index (Phi) is 5.12. The van der Waals surface area contributed by atoms with Gasteiger partial charge in [0.2, 0.25) is 0 Å². The number of benzene rings is 1. The highest BCUT2D eigenvalue weighted by Crippen LogP contribution is 2.41. The summed E-state index contributed by atoms with van der Waals surface area (Å²) in [5.41, 5.74) is 2.81. The van der Waals surface area contributed by atoms with Gasteiger partial charge in [-0.3, -0.25) is 14.2 Å². The number of rotatable bonds is 7. The number of thioether (sulfide) groups is 1. The standard InChI is InChI=1S/C21H21FN4O2S/c1-11-18(13(3)27)12(2)23-19(11)17(28)10-29-21-25-24-20(26(21)14-8-9-14)15-6-4-5-7-16(15)22/h4-7,14,23H,8-10H2,1-3H3. The SMILES string of the molecule is CC(=O)c1c(C)[nH]c(C(=O)CSc2nnc(-c3ccccc3F)n2C2CC2)c1C. The monoisotopic (exact) mass is 412 g/mol. The van der Waals surface area contributed by atoms with Crippen LogP contribution in [0, 0.1) is 19.7 Å². The van der Waals surface area contributed by atoms with Crippen molar-refractivity contribution in [2.45, 2.75) is 44.8 Å². The van der Waals surface area contributed by atoms with E-state index in [1.54, 1.807) is 32.0 Å². The maximum atomic E-state index is 14.3. The molecule has 1 aliphatic rings. The number of aryl methyl sites for hydroxylation is 1. The van der Waals surface area contributed by atoms with Crippen LogP contribution in [0.4, 0.5) is 4.39 Å². The highest BCUT2D eigenvalue weighted by Gasteiger charge is 2.31. The lowest BCUT2D eigenvalue weighted by Gasteiger charge is -2.09. The third kappa shape index (κ3) is 3.64. The van der Waals surface area contributed by atoms with Gasteiger partial charge < -0.3 is 4.98 Å². The molecule has 0 atom stereocenters. The molecule has 0 bridgehead atoms. The van der Waals surface area contributed by atoms with E-state index in [1.165, 1.54) is 24.8 Å². The molecule has 29 heavy (non-hydrogen) atoms. The summed E-state index contributed by atoms with van der Waals surface area (Å²) in [7, 11) is 0. The number of aromatic amines is 1. The van der Waals surface area contributed by atoms with Crippen LogP contribution < -0.4 is 0 Å². The maximum Gasteiger partial charge on any atom is 0.192 e. The minimum Gasteiger partial charge on any atom is -0.355 e. The first-order chi connectivity index (χ1) is 13.9. The molecule has 2 aromatic heterocycles. The van der Waals surface area contributed by atoms with Gasteiger partial charge in [-0.25, -0.2) is 4.39 Å². The molecule has 6 nitrogen and oxygen atoms in total. The van der Waals surface area contributed by atoms with E-state index in [0.717, 1.165) is 12.8 Å². The zero-order valence-corrected chi connectivity index (χ0v) is 17.3. The molecule has 4 rings (SSSR count). The van der Waals surface area contributed by atoms with Gasteiger partial charge in [-0.1, -0.05) is 23.9 Å². The summed E-state index contributed by atoms with van der Waals surface area (Å²) < 4.78 is 16.2. The molecule has 0 saturated heterocycles. The molecule has 0 aliphatic heterocycles. The van der Waals surface area contributed by atoms with Crippen molar-refractivity contribution in [3.8, 4) is 11.4 Å². The number of nitrogens with one attached hydrogen (secondary N) is 1. The van der Waals surface area contributed by atoms with Crippen molar-refractivity contribution in [2.24, 2.45) is 0 Å². The Morgan fingerprint density at radius 1 is 1.24 bits per heavy atom. The van der Waals surface area contributed by atoms with E-state index in [-0.39, 0.29) is 29.2 Å². The topological polar surface area (TPSA) is 80.6 Å². The summed E-state index contributed by atoms with van der Waals surface area (Å²) in [5, 5.41) is 9.04. The van der Waals surface area contributed by atoms with Gasteiger partial charge in [-0.2, -0.15) is 0 Å². The first kappa shape index (κ1) is 19.6. The lowest BCUT2D eigenvalue weighted by Crippen LogP contribution is -2.07. The Morgan fingerprint density at radius 3 is 2.59 bits per heavy atom. The van der Waals surface area contributed by atoms with Crippen molar-refractivity contribution in [1.29, 1.82) is 0 Å². The summed E-state index contributed by atoms with van der Waals surface area (Å²) in [6, 6.07) is 6.73. The Labute approximate surface area is 171 Å². The minimum atomic E-state index is -0.344. The summed E-state index contributed by atoms with van der Waals surface area (Å²) in [4.78, 5) is 27.6. The number of hydrogen-bond acceptors (Lipinski definition) is 5. The molecule has 0 spiro atoms. The van der Waals surface area contributed by atoms with Crippen molar-refractivity contribution in [1.82, 2.24) is 19.7 Å². The van der Waals surface area contributed by atoms with E-state index >= 15 is 0 Å². The van der Waals surface area contributed by atoms with E-state index in [2.05, 4.69) is 15.2 Å². The highest BCUT2D eigenvalue weighted by atomic mass is 32.2. The number of halogens is 1. The van der Waals surface area contributed by atoms with E-state index < -0.39 is 0 Å². The van der Waals surface area contributed by atoms with Gasteiger partial charge in [0, 0.05) is 17.3 Å². The summed E-state index contributed by atoms with van der Waals surface area (Å²) in [5.74, 6) is 0.127. The van der Waals surface area contributed by atoms with Gasteiger partial charge in [-0.15, -0.1) is 10.2 Å². The van der Waals surface area contributed by atoms with Gasteiger partial charge in [0.15, 0.2) is 22.5 Å². The quantitative estimate of drug-likeness (QED) is 0.455. The van der Waals surface area contributed by atoms with E-state index in [4.69, 9.17) is 0 Å². The van der Waals surface area contributed by atoms with E-state index in [9.17, 15) is 14.0 Å². The molecule has 8 heteroatoms. The highest BCUT2D eigenvalue weighted by molar-refractivity contribution is 7.99. The van der Waals surface area contributed by atoms with Crippen LogP contribution >= 0.6 is 11.8 Å². The number of aromatic nitrogens is 4. The summed E-state index contributed by atoms with van der Waals surface area (Å²) in [6.07, 6.45) is 1.97. The zero-order chi connectivity index (χ0) is 20.7. The summed E-state index contributed by atoms with van der Waals surface area (Å²) in [6.45, 7) is 5.06. The number of carbonyl (C=O) groups excluding carboxylic acids is 2. The van der Waals surface area contributed by atoms with Crippen molar-refractivity contribution in [3.63, 3.8) is 0 Å². The molecule has 1 fully saturated rings. The first-order valence-electron chi connectivity index (χ1n) is 9.44. The Balaban J connectivity index is 1.58. The van der Waals surface area contributed by atoms with Gasteiger partial charge in [0.05, 0.1) is 17.0 Å². The lowest BCUT2D eigenvalue weighted by molar-refractivity contribution is 0.101. The fraction of sp³-hybridized carbons (Fsp3) is 0.333. The van der Waals surface area contributed by atoms with Gasteiger partial charge >= 0.3 is 0 Å². The fourth-order valence-electron chi connectivity index (χ4n) is 3.62. The van der Waals surface area contributed by atoms with Crippen LogP contribution in [0.25, 0.3) is 11.4 Å². The second kappa shape index (κ2) is 7.59. The van der Waals surface area contributed by atoms with Gasteiger partial charge in [-0.05, 0) is 51.3 Å². The fourth-order valence-corrected chi connectivity index (χ4v) is 4.50. The Hall–Kier alpha value is -2.74. The van der Waals surface area contributed by atoms with E-state index in [1.807, 2.05) is 4.57 Å². The number of carbonyl (C=O) groups is 2. The van der Waals surface area contributed by atoms with Gasteiger partial charge in [0.1, 0.15) is 5.82 Å². The minimum absolute atomic E-state index is 0.0639. The number of Topliss-reactive ketones (excluding diaryl/α,β-unsaturated/α-hetero) is 2. The molecule has 1 aliphatic carbocycles. The number of hydrogen-bond donors (Lipinski definition) is 1. The number of H-pyrrole nitrogens is 1. The van der Waals surface area contributed by atoms with Crippen molar-refractivity contribution in [2.75, 3.05) is 5.75 Å². The molecule has 1 N–H and O–H groups in total. The average Bonchev–Trinajstić information content (AvgIpc) is 3.35. The smallest absolute Gasteiger partial charge is 0.192 e. The molecule has 2 heterocycles. The molecule has 0 unspecified atom stereocenters. The Morgan fingerprint density at radius 2 is 1.97 bits per heavy atom. The number of ketones is 2. The van der Waals surface area contributed by atoms with Crippen molar-refractivity contribution < 1.29 is 14.0 Å². The second-order valence-corrected chi connectivity index (χ2v) is 8.22. The lowest BCUT2D eigenvalue weighted by atomic mass is 10.1. The number of nitrogens with zero attached hydrogens (tertiary/aromatic N) is 3. The van der Waals surface area contributed by atoms with Crippen LogP contribution in [0.2, 0.25) is 0 Å². The zero-order valence-electron chi connectivity index (χ0n) is 16.5. The summed E-state index contributed by atoms with van der Waals surface area (Å²) >= 11 is 1.28. The molecule has 1 saturated carbocycles. The third-order valence-corrected chi connectivity index (χ3v) is 6.04. The largest absolute Gasteiger partial charge is 0.355 e. The second-order valence-electron chi connectivity index (χ2n) is 7.28. The van der Waals surface area contributed by atoms with Crippen LogP contribution in [0.3, 0.4) is 0 Å². The van der Waals surface area contributed by atoms with Crippen molar-refractivity contribution >= 4 is 23.3 Å². The molecular weight excluding hydrogens is 391 g/mol. The molecule has 0 radical (unpaired) electrons. The maximum absolute atomic E-state index is 14.3. The third-order valence-electron chi connectivity index (χ3n) is 5.09. The van der Waals surface area contributed by atoms with Gasteiger partial charge in [0.25, 0.3) is 0 Å². The van der Waals surface area contributed by atoms with E-state index in [0.29, 0.717) is 39.1 Å². The first-order valence-corrected chi connectivity index (χ1v) is 10.4. The van der Waals surface area contributed by atoms with Crippen LogP contribution in [0.15, 0.2) is 29.4 Å². The van der Waals surface area contributed by atoms with Crippen LogP contribution in [-0.2, 0) is 0 Å². The van der Waals surface area contributed by atoms with Crippen LogP contribution in [0.1, 0.15) is 57.9 Å². The van der Waals surface area contributed by atoms with Crippen LogP contribution in [-0.4, -0.2) is 37.1 Å². The molecule has 0 amide bonds. The van der Waals surface area contributed by atoms with Crippen LogP contribution in [0.5, 0.6) is 0 Å². The normalized spacial score (nSPS) is 13.7. The van der Waals surface area contributed by atoms with Crippen molar-refractivity contribution in [3.05, 3.63) is 52.6 Å². The molecule has 3 aromatic rings. The molecule has 150 valence electrons. The average molecular weight is 412 g/mol. The predicted molar refractivity (Wildman–Crippen MR) is 109 cm³/mol. The molecule has 1 aromatic carbocycles. The predicted octanol–water partition coefficient (Wildman–Crippen LogP) is 4.54.